The first-order valence-corrected chi connectivity index (χ1v) is 7.93. The van der Waals surface area contributed by atoms with Crippen LogP contribution in [0.4, 0.5) is 0 Å². The van der Waals surface area contributed by atoms with Crippen LogP contribution in [0, 0.1) is 11.3 Å². The molecule has 120 valence electrons. The normalized spacial score (nSPS) is 30.2. The average Bonchev–Trinajstić information content (AvgIpc) is 2.42. The molecule has 0 aromatic heterocycles. The molecule has 21 heavy (non-hydrogen) atoms. The van der Waals surface area contributed by atoms with E-state index in [1.165, 1.54) is 0 Å². The lowest BCUT2D eigenvalue weighted by Gasteiger charge is -2.47. The fraction of sp³-hybridized carbons (Fsp3) is 0.875. The zero-order chi connectivity index (χ0) is 15.8. The van der Waals surface area contributed by atoms with Crippen LogP contribution in [0.25, 0.3) is 0 Å². The summed E-state index contributed by atoms with van der Waals surface area (Å²) in [6, 6.07) is -0.760. The van der Waals surface area contributed by atoms with Crippen molar-refractivity contribution in [2.45, 2.75) is 65.6 Å². The number of ether oxygens (including phenoxy) is 1. The summed E-state index contributed by atoms with van der Waals surface area (Å²) in [5, 5.41) is 2.89. The molecule has 0 aromatic rings. The lowest BCUT2D eigenvalue weighted by molar-refractivity contribution is -0.156. The molecule has 5 nitrogen and oxygen atoms in total. The lowest BCUT2D eigenvalue weighted by Crippen LogP contribution is -2.68. The molecular weight excluding hydrogens is 268 g/mol. The number of nitrogens with one attached hydrogen (secondary N) is 1. The minimum absolute atomic E-state index is 0.0477. The van der Waals surface area contributed by atoms with Crippen molar-refractivity contribution in [3.8, 4) is 0 Å². The highest BCUT2D eigenvalue weighted by Gasteiger charge is 2.46. The van der Waals surface area contributed by atoms with Gasteiger partial charge >= 0.3 is 0 Å². The van der Waals surface area contributed by atoms with Crippen LogP contribution >= 0.6 is 0 Å². The van der Waals surface area contributed by atoms with E-state index in [1.807, 2.05) is 32.6 Å². The molecule has 1 N–H and O–H groups in total. The fourth-order valence-corrected chi connectivity index (χ4v) is 3.36. The summed E-state index contributed by atoms with van der Waals surface area (Å²) >= 11 is 0. The minimum Gasteiger partial charge on any atom is -0.381 e. The first-order chi connectivity index (χ1) is 9.73. The van der Waals surface area contributed by atoms with Crippen molar-refractivity contribution in [1.82, 2.24) is 10.2 Å². The van der Waals surface area contributed by atoms with Gasteiger partial charge in [-0.05, 0) is 38.0 Å². The molecule has 2 heterocycles. The topological polar surface area (TPSA) is 58.6 Å². The minimum atomic E-state index is -0.441. The van der Waals surface area contributed by atoms with E-state index in [0.29, 0.717) is 5.92 Å². The van der Waals surface area contributed by atoms with E-state index in [0.717, 1.165) is 26.1 Å². The average molecular weight is 296 g/mol. The molecule has 0 spiro atoms. The number of hydrogen-bond donors (Lipinski definition) is 1. The highest BCUT2D eigenvalue weighted by atomic mass is 16.5. The van der Waals surface area contributed by atoms with E-state index in [4.69, 9.17) is 4.74 Å². The Bertz CT molecular complexity index is 410. The quantitative estimate of drug-likeness (QED) is 0.841. The van der Waals surface area contributed by atoms with Gasteiger partial charge in [0.25, 0.3) is 0 Å². The second kappa shape index (κ2) is 5.95. The summed E-state index contributed by atoms with van der Waals surface area (Å²) in [6.45, 7) is 11.4. The molecule has 3 unspecified atom stereocenters. The first kappa shape index (κ1) is 16.3. The third-order valence-electron chi connectivity index (χ3n) is 4.84. The molecule has 2 rings (SSSR count). The van der Waals surface area contributed by atoms with Crippen LogP contribution in [0.1, 0.15) is 47.5 Å². The smallest absolute Gasteiger partial charge is 0.246 e. The summed E-state index contributed by atoms with van der Waals surface area (Å²) in [4.78, 5) is 27.0. The highest BCUT2D eigenvalue weighted by Crippen LogP contribution is 2.30. The molecule has 2 fully saturated rings. The van der Waals surface area contributed by atoms with Crippen molar-refractivity contribution in [3.05, 3.63) is 0 Å². The Balaban J connectivity index is 2.21. The van der Waals surface area contributed by atoms with E-state index >= 15 is 0 Å². The number of carbonyl (C=O) groups excluding carboxylic acids is 2. The predicted molar refractivity (Wildman–Crippen MR) is 80.7 cm³/mol. The van der Waals surface area contributed by atoms with Crippen LogP contribution in [0.3, 0.4) is 0 Å². The van der Waals surface area contributed by atoms with Gasteiger partial charge in [-0.1, -0.05) is 20.8 Å². The molecule has 0 aromatic carbocycles. The standard InChI is InChI=1S/C16H28N2O3/c1-10(12-6-8-21-9-7-12)18-11(2)14(19)17-13(15(18)20)16(3,4)5/h10-13H,6-9H2,1-5H3,(H,17,19). The molecule has 0 radical (unpaired) electrons. The zero-order valence-corrected chi connectivity index (χ0v) is 13.8. The summed E-state index contributed by atoms with van der Waals surface area (Å²) in [7, 11) is 0. The van der Waals surface area contributed by atoms with E-state index in [2.05, 4.69) is 12.2 Å². The van der Waals surface area contributed by atoms with Crippen molar-refractivity contribution >= 4 is 11.8 Å². The van der Waals surface area contributed by atoms with Gasteiger partial charge in [0.05, 0.1) is 0 Å². The molecular formula is C16H28N2O3. The predicted octanol–water partition coefficient (Wildman–Crippen LogP) is 1.56. The van der Waals surface area contributed by atoms with Gasteiger partial charge < -0.3 is 15.0 Å². The van der Waals surface area contributed by atoms with Crippen LogP contribution in [-0.2, 0) is 14.3 Å². The van der Waals surface area contributed by atoms with Crippen LogP contribution in [0.5, 0.6) is 0 Å². The summed E-state index contributed by atoms with van der Waals surface area (Å²) in [5.41, 5.74) is -0.277. The largest absolute Gasteiger partial charge is 0.381 e. The van der Waals surface area contributed by atoms with E-state index in [-0.39, 0.29) is 23.3 Å². The van der Waals surface area contributed by atoms with Crippen LogP contribution in [0.2, 0.25) is 0 Å². The Morgan fingerprint density at radius 1 is 1.24 bits per heavy atom. The molecule has 2 aliphatic heterocycles. The van der Waals surface area contributed by atoms with Crippen molar-refractivity contribution in [3.63, 3.8) is 0 Å². The van der Waals surface area contributed by atoms with Crippen molar-refractivity contribution in [2.75, 3.05) is 13.2 Å². The zero-order valence-electron chi connectivity index (χ0n) is 13.8. The third-order valence-corrected chi connectivity index (χ3v) is 4.84. The molecule has 5 heteroatoms. The summed E-state index contributed by atoms with van der Waals surface area (Å²) in [5.74, 6) is 0.415. The Morgan fingerprint density at radius 3 is 2.33 bits per heavy atom. The van der Waals surface area contributed by atoms with Gasteiger partial charge in [-0.2, -0.15) is 0 Å². The number of nitrogens with zero attached hydrogens (tertiary/aromatic N) is 1. The maximum absolute atomic E-state index is 12.9. The maximum Gasteiger partial charge on any atom is 0.246 e. The molecule has 0 aliphatic carbocycles. The highest BCUT2D eigenvalue weighted by molar-refractivity contribution is 5.97. The van der Waals surface area contributed by atoms with Gasteiger partial charge in [0, 0.05) is 19.3 Å². The molecule has 3 atom stereocenters. The molecule has 2 amide bonds. The molecule has 0 bridgehead atoms. The van der Waals surface area contributed by atoms with Gasteiger partial charge in [0.15, 0.2) is 0 Å². The van der Waals surface area contributed by atoms with Crippen molar-refractivity contribution in [1.29, 1.82) is 0 Å². The second-order valence-corrected chi connectivity index (χ2v) is 7.42. The second-order valence-electron chi connectivity index (χ2n) is 7.42. The van der Waals surface area contributed by atoms with Crippen LogP contribution < -0.4 is 5.32 Å². The van der Waals surface area contributed by atoms with Gasteiger partial charge in [0.2, 0.25) is 11.8 Å². The van der Waals surface area contributed by atoms with E-state index < -0.39 is 12.1 Å². The third kappa shape index (κ3) is 3.23. The fourth-order valence-electron chi connectivity index (χ4n) is 3.36. The molecule has 0 saturated carbocycles. The monoisotopic (exact) mass is 296 g/mol. The lowest BCUT2D eigenvalue weighted by atomic mass is 9.82. The Kier molecular flexibility index (Phi) is 4.61. The van der Waals surface area contributed by atoms with Crippen LogP contribution in [-0.4, -0.2) is 48.1 Å². The Morgan fingerprint density at radius 2 is 1.81 bits per heavy atom. The maximum atomic E-state index is 12.9. The first-order valence-electron chi connectivity index (χ1n) is 7.93. The number of amides is 2. The number of carbonyl (C=O) groups is 2. The Hall–Kier alpha value is -1.10. The van der Waals surface area contributed by atoms with Crippen molar-refractivity contribution < 1.29 is 14.3 Å². The molecule has 2 aliphatic rings. The summed E-state index contributed by atoms with van der Waals surface area (Å²) < 4.78 is 5.40. The van der Waals surface area contributed by atoms with E-state index in [1.54, 1.807) is 0 Å². The summed E-state index contributed by atoms with van der Waals surface area (Å²) in [6.07, 6.45) is 1.92. The SMILES string of the molecule is CC1C(=O)NC(C(C)(C)C)C(=O)N1C(C)C1CCOCC1. The molecule has 2 saturated heterocycles. The number of rotatable bonds is 2. The van der Waals surface area contributed by atoms with E-state index in [9.17, 15) is 9.59 Å². The van der Waals surface area contributed by atoms with Crippen LogP contribution in [0.15, 0.2) is 0 Å². The van der Waals surface area contributed by atoms with Gasteiger partial charge in [0.1, 0.15) is 12.1 Å². The number of piperazine rings is 1. The number of hydrogen-bond acceptors (Lipinski definition) is 3. The Labute approximate surface area is 127 Å². The van der Waals surface area contributed by atoms with Gasteiger partial charge in [-0.15, -0.1) is 0 Å². The van der Waals surface area contributed by atoms with Gasteiger partial charge in [-0.3, -0.25) is 9.59 Å². The van der Waals surface area contributed by atoms with Crippen molar-refractivity contribution in [2.24, 2.45) is 11.3 Å². The van der Waals surface area contributed by atoms with Gasteiger partial charge in [-0.25, -0.2) is 0 Å².